The molecule has 1 atom stereocenters. The summed E-state index contributed by atoms with van der Waals surface area (Å²) in [6.45, 7) is 6.25. The van der Waals surface area contributed by atoms with E-state index in [1.54, 1.807) is 0 Å². The molecule has 0 spiro atoms. The molecule has 0 radical (unpaired) electrons. The predicted octanol–water partition coefficient (Wildman–Crippen LogP) is 3.75. The lowest BCUT2D eigenvalue weighted by Gasteiger charge is -2.19. The summed E-state index contributed by atoms with van der Waals surface area (Å²) < 4.78 is 3.29. The van der Waals surface area contributed by atoms with Gasteiger partial charge in [-0.1, -0.05) is 35.0 Å². The van der Waals surface area contributed by atoms with Crippen molar-refractivity contribution in [3.05, 3.63) is 52.5 Å². The Bertz CT molecular complexity index is 504. The zero-order valence-corrected chi connectivity index (χ0v) is 13.0. The fraction of sp³-hybridized carbons (Fsp3) is 0.400. The van der Waals surface area contributed by atoms with Crippen LogP contribution >= 0.6 is 15.9 Å². The van der Waals surface area contributed by atoms with E-state index in [9.17, 15) is 0 Å². The van der Waals surface area contributed by atoms with Crippen LogP contribution < -0.4 is 5.32 Å². The molecule has 0 fully saturated rings. The van der Waals surface area contributed by atoms with E-state index in [1.165, 1.54) is 5.56 Å². The normalized spacial score (nSPS) is 12.6. The molecule has 0 saturated heterocycles. The van der Waals surface area contributed by atoms with Crippen LogP contribution in [0.15, 0.2) is 41.1 Å². The first-order chi connectivity index (χ1) is 9.26. The zero-order chi connectivity index (χ0) is 13.7. The second kappa shape index (κ2) is 6.87. The summed E-state index contributed by atoms with van der Waals surface area (Å²) in [4.78, 5) is 4.53. The third-order valence-corrected chi connectivity index (χ3v) is 3.68. The lowest BCUT2D eigenvalue weighted by Crippen LogP contribution is -2.26. The van der Waals surface area contributed by atoms with E-state index in [-0.39, 0.29) is 6.04 Å². The van der Waals surface area contributed by atoms with Gasteiger partial charge in [0.1, 0.15) is 5.82 Å². The first kappa shape index (κ1) is 14.3. The van der Waals surface area contributed by atoms with E-state index in [0.717, 1.165) is 29.8 Å². The van der Waals surface area contributed by atoms with Crippen LogP contribution in [0.2, 0.25) is 0 Å². The zero-order valence-electron chi connectivity index (χ0n) is 11.4. The summed E-state index contributed by atoms with van der Waals surface area (Å²) in [7, 11) is 0. The minimum Gasteiger partial charge on any atom is -0.334 e. The highest BCUT2D eigenvalue weighted by Crippen LogP contribution is 2.22. The Hall–Kier alpha value is -1.13. The van der Waals surface area contributed by atoms with Crippen molar-refractivity contribution < 1.29 is 0 Å². The van der Waals surface area contributed by atoms with Crippen LogP contribution in [0.4, 0.5) is 0 Å². The van der Waals surface area contributed by atoms with Crippen molar-refractivity contribution in [3.8, 4) is 0 Å². The molecular weight excluding hydrogens is 302 g/mol. The average Bonchev–Trinajstić information content (AvgIpc) is 2.89. The monoisotopic (exact) mass is 321 g/mol. The van der Waals surface area contributed by atoms with Crippen molar-refractivity contribution in [2.45, 2.75) is 32.9 Å². The van der Waals surface area contributed by atoms with E-state index in [1.807, 2.05) is 12.4 Å². The smallest absolute Gasteiger partial charge is 0.130 e. The van der Waals surface area contributed by atoms with Crippen LogP contribution in [-0.4, -0.2) is 16.1 Å². The van der Waals surface area contributed by atoms with Gasteiger partial charge in [-0.2, -0.15) is 0 Å². The SMILES string of the molecule is CCCNC(c1ccc(Br)cc1)c1nccn1CC. The molecule has 2 rings (SSSR count). The van der Waals surface area contributed by atoms with Crippen LogP contribution in [0.3, 0.4) is 0 Å². The fourth-order valence-corrected chi connectivity index (χ4v) is 2.41. The van der Waals surface area contributed by atoms with Crippen LogP contribution in [0.25, 0.3) is 0 Å². The van der Waals surface area contributed by atoms with Crippen molar-refractivity contribution in [1.82, 2.24) is 14.9 Å². The van der Waals surface area contributed by atoms with Crippen LogP contribution in [0.5, 0.6) is 0 Å². The van der Waals surface area contributed by atoms with Crippen molar-refractivity contribution in [2.24, 2.45) is 0 Å². The van der Waals surface area contributed by atoms with E-state index in [2.05, 4.69) is 68.9 Å². The molecule has 1 aromatic carbocycles. The summed E-state index contributed by atoms with van der Waals surface area (Å²) in [6.07, 6.45) is 5.02. The van der Waals surface area contributed by atoms with Gasteiger partial charge in [0, 0.05) is 23.4 Å². The van der Waals surface area contributed by atoms with Gasteiger partial charge in [0.15, 0.2) is 0 Å². The molecule has 0 saturated carbocycles. The number of halogens is 1. The number of hydrogen-bond donors (Lipinski definition) is 1. The third-order valence-electron chi connectivity index (χ3n) is 3.15. The minimum atomic E-state index is 0.156. The summed E-state index contributed by atoms with van der Waals surface area (Å²) in [5, 5.41) is 3.58. The van der Waals surface area contributed by atoms with Crippen molar-refractivity contribution in [2.75, 3.05) is 6.54 Å². The Morgan fingerprint density at radius 2 is 2.00 bits per heavy atom. The lowest BCUT2D eigenvalue weighted by atomic mass is 10.1. The molecule has 102 valence electrons. The largest absolute Gasteiger partial charge is 0.334 e. The molecule has 1 aromatic heterocycles. The Balaban J connectivity index is 2.32. The van der Waals surface area contributed by atoms with Gasteiger partial charge < -0.3 is 9.88 Å². The predicted molar refractivity (Wildman–Crippen MR) is 82.2 cm³/mol. The van der Waals surface area contributed by atoms with E-state index in [4.69, 9.17) is 0 Å². The van der Waals surface area contributed by atoms with Crippen molar-refractivity contribution in [1.29, 1.82) is 0 Å². The number of aryl methyl sites for hydroxylation is 1. The van der Waals surface area contributed by atoms with Crippen LogP contribution in [0, 0.1) is 0 Å². The second-order valence-electron chi connectivity index (χ2n) is 4.51. The quantitative estimate of drug-likeness (QED) is 0.878. The number of nitrogens with zero attached hydrogens (tertiary/aromatic N) is 2. The second-order valence-corrected chi connectivity index (χ2v) is 5.43. The number of benzene rings is 1. The first-order valence-electron chi connectivity index (χ1n) is 6.76. The van der Waals surface area contributed by atoms with Crippen LogP contribution in [-0.2, 0) is 6.54 Å². The van der Waals surface area contributed by atoms with E-state index >= 15 is 0 Å². The standard InChI is InChI=1S/C15H20BrN3/c1-3-9-17-14(12-5-7-13(16)8-6-12)15-18-10-11-19(15)4-2/h5-8,10-11,14,17H,3-4,9H2,1-2H3. The molecule has 0 aliphatic carbocycles. The van der Waals surface area contributed by atoms with Crippen molar-refractivity contribution in [3.63, 3.8) is 0 Å². The first-order valence-corrected chi connectivity index (χ1v) is 7.55. The molecule has 0 bridgehead atoms. The van der Waals surface area contributed by atoms with Gasteiger partial charge in [0.05, 0.1) is 6.04 Å². The van der Waals surface area contributed by atoms with Gasteiger partial charge in [-0.05, 0) is 37.6 Å². The maximum atomic E-state index is 4.53. The topological polar surface area (TPSA) is 29.9 Å². The summed E-state index contributed by atoms with van der Waals surface area (Å²) in [5.41, 5.74) is 1.25. The molecule has 2 aromatic rings. The number of aromatic nitrogens is 2. The summed E-state index contributed by atoms with van der Waals surface area (Å²) in [6, 6.07) is 8.60. The maximum Gasteiger partial charge on any atom is 0.130 e. The Kier molecular flexibility index (Phi) is 5.16. The highest BCUT2D eigenvalue weighted by molar-refractivity contribution is 9.10. The van der Waals surface area contributed by atoms with Crippen LogP contribution in [0.1, 0.15) is 37.7 Å². The molecule has 3 nitrogen and oxygen atoms in total. The van der Waals surface area contributed by atoms with Gasteiger partial charge >= 0.3 is 0 Å². The van der Waals surface area contributed by atoms with Gasteiger partial charge in [0.2, 0.25) is 0 Å². The summed E-state index contributed by atoms with van der Waals surface area (Å²) >= 11 is 3.48. The Labute approximate surface area is 123 Å². The molecule has 4 heteroatoms. The third kappa shape index (κ3) is 3.45. The van der Waals surface area contributed by atoms with E-state index < -0.39 is 0 Å². The average molecular weight is 322 g/mol. The van der Waals surface area contributed by atoms with Gasteiger partial charge in [0.25, 0.3) is 0 Å². The highest BCUT2D eigenvalue weighted by Gasteiger charge is 2.17. The Morgan fingerprint density at radius 1 is 1.26 bits per heavy atom. The minimum absolute atomic E-state index is 0.156. The molecular formula is C15H20BrN3. The highest BCUT2D eigenvalue weighted by atomic mass is 79.9. The van der Waals surface area contributed by atoms with Crippen molar-refractivity contribution >= 4 is 15.9 Å². The number of hydrogen-bond acceptors (Lipinski definition) is 2. The molecule has 1 heterocycles. The molecule has 0 aliphatic rings. The molecule has 0 aliphatic heterocycles. The molecule has 1 N–H and O–H groups in total. The summed E-state index contributed by atoms with van der Waals surface area (Å²) in [5.74, 6) is 1.08. The van der Waals surface area contributed by atoms with Gasteiger partial charge in [-0.3, -0.25) is 0 Å². The number of rotatable bonds is 6. The number of nitrogens with one attached hydrogen (secondary N) is 1. The van der Waals surface area contributed by atoms with E-state index in [0.29, 0.717) is 0 Å². The fourth-order valence-electron chi connectivity index (χ4n) is 2.15. The van der Waals surface area contributed by atoms with Gasteiger partial charge in [-0.15, -0.1) is 0 Å². The molecule has 0 amide bonds. The molecule has 1 unspecified atom stereocenters. The molecule has 19 heavy (non-hydrogen) atoms. The lowest BCUT2D eigenvalue weighted by molar-refractivity contribution is 0.541. The maximum absolute atomic E-state index is 4.53. The van der Waals surface area contributed by atoms with Gasteiger partial charge in [-0.25, -0.2) is 4.98 Å². The number of imidazole rings is 1. The Morgan fingerprint density at radius 3 is 2.63 bits per heavy atom.